The Hall–Kier alpha value is -0.940. The van der Waals surface area contributed by atoms with Gasteiger partial charge in [0.15, 0.2) is 9.84 Å². The molecule has 0 atom stereocenters. The van der Waals surface area contributed by atoms with E-state index in [1.54, 1.807) is 12.3 Å². The molecule has 1 aliphatic carbocycles. The molecule has 1 aliphatic rings. The minimum absolute atomic E-state index is 0.124. The van der Waals surface area contributed by atoms with Crippen LogP contribution in [0.25, 0.3) is 0 Å². The molecule has 0 amide bonds. The average molecular weight is 269 g/mol. The Labute approximate surface area is 108 Å². The Balaban J connectivity index is 2.02. The molecule has 1 aromatic heterocycles. The van der Waals surface area contributed by atoms with Crippen molar-refractivity contribution in [1.82, 2.24) is 4.98 Å². The first-order valence-corrected chi connectivity index (χ1v) is 8.07. The maximum absolute atomic E-state index is 12.1. The van der Waals surface area contributed by atoms with Gasteiger partial charge < -0.3 is 5.11 Å². The summed E-state index contributed by atoms with van der Waals surface area (Å²) >= 11 is 0. The lowest BCUT2D eigenvalue weighted by Gasteiger charge is -2.05. The van der Waals surface area contributed by atoms with Crippen molar-refractivity contribution in [2.24, 2.45) is 0 Å². The fourth-order valence-electron chi connectivity index (χ4n) is 1.94. The third-order valence-electron chi connectivity index (χ3n) is 3.21. The molecule has 1 saturated carbocycles. The molecule has 0 aliphatic heterocycles. The van der Waals surface area contributed by atoms with E-state index in [-0.39, 0.29) is 12.4 Å². The minimum Gasteiger partial charge on any atom is -0.396 e. The topological polar surface area (TPSA) is 67.3 Å². The van der Waals surface area contributed by atoms with E-state index >= 15 is 0 Å². The molecule has 5 heteroatoms. The van der Waals surface area contributed by atoms with Gasteiger partial charge in [-0.25, -0.2) is 8.42 Å². The van der Waals surface area contributed by atoms with Crippen LogP contribution in [0.4, 0.5) is 0 Å². The molecule has 4 nitrogen and oxygen atoms in total. The molecule has 0 bridgehead atoms. The van der Waals surface area contributed by atoms with Crippen molar-refractivity contribution >= 4 is 9.84 Å². The second-order valence-electron chi connectivity index (χ2n) is 4.83. The summed E-state index contributed by atoms with van der Waals surface area (Å²) in [6.07, 6.45) is 7.48. The molecule has 18 heavy (non-hydrogen) atoms. The molecule has 0 aromatic carbocycles. The third kappa shape index (κ3) is 3.53. The van der Waals surface area contributed by atoms with Crippen LogP contribution in [0, 0.1) is 0 Å². The van der Waals surface area contributed by atoms with Crippen LogP contribution in [0.1, 0.15) is 43.6 Å². The van der Waals surface area contributed by atoms with Gasteiger partial charge in [-0.1, -0.05) is 6.42 Å². The van der Waals surface area contributed by atoms with Gasteiger partial charge in [0, 0.05) is 19.0 Å². The Morgan fingerprint density at radius 2 is 2.00 bits per heavy atom. The molecular formula is C13H19NO3S. The van der Waals surface area contributed by atoms with Crippen LogP contribution in [0.2, 0.25) is 0 Å². The lowest BCUT2D eigenvalue weighted by atomic mass is 10.2. The summed E-state index contributed by atoms with van der Waals surface area (Å²) in [6.45, 7) is 0.124. The maximum Gasteiger partial charge on any atom is 0.179 e. The summed E-state index contributed by atoms with van der Waals surface area (Å²) in [5.41, 5.74) is 1.05. The maximum atomic E-state index is 12.1. The lowest BCUT2D eigenvalue weighted by Crippen LogP contribution is -2.08. The molecule has 1 heterocycles. The van der Waals surface area contributed by atoms with E-state index in [4.69, 9.17) is 5.11 Å². The zero-order valence-electron chi connectivity index (χ0n) is 10.4. The highest BCUT2D eigenvalue weighted by Gasteiger charge is 2.25. The third-order valence-corrected chi connectivity index (χ3v) is 4.98. The SMILES string of the molecule is O=S(=O)(CCCCCO)c1cncc(C2CC2)c1. The van der Waals surface area contributed by atoms with E-state index in [0.717, 1.165) is 24.8 Å². The van der Waals surface area contributed by atoms with Crippen molar-refractivity contribution in [3.8, 4) is 0 Å². The number of nitrogens with zero attached hydrogens (tertiary/aromatic N) is 1. The van der Waals surface area contributed by atoms with E-state index in [1.165, 1.54) is 6.20 Å². The molecule has 0 radical (unpaired) electrons. The second kappa shape index (κ2) is 5.80. The number of pyridine rings is 1. The first-order valence-electron chi connectivity index (χ1n) is 6.42. The number of hydrogen-bond acceptors (Lipinski definition) is 4. The van der Waals surface area contributed by atoms with Gasteiger partial charge in [-0.3, -0.25) is 4.98 Å². The highest BCUT2D eigenvalue weighted by molar-refractivity contribution is 7.91. The summed E-state index contributed by atoms with van der Waals surface area (Å²) in [4.78, 5) is 4.38. The predicted molar refractivity (Wildman–Crippen MR) is 69.2 cm³/mol. The molecule has 1 aromatic rings. The van der Waals surface area contributed by atoms with Gasteiger partial charge in [0.1, 0.15) is 0 Å². The molecule has 0 spiro atoms. The highest BCUT2D eigenvalue weighted by Crippen LogP contribution is 2.40. The van der Waals surface area contributed by atoms with Gasteiger partial charge >= 0.3 is 0 Å². The van der Waals surface area contributed by atoms with Crippen LogP contribution in [0.15, 0.2) is 23.4 Å². The van der Waals surface area contributed by atoms with Crippen molar-refractivity contribution in [1.29, 1.82) is 0 Å². The van der Waals surface area contributed by atoms with Gasteiger partial charge in [-0.15, -0.1) is 0 Å². The van der Waals surface area contributed by atoms with Crippen molar-refractivity contribution in [3.63, 3.8) is 0 Å². The van der Waals surface area contributed by atoms with Crippen LogP contribution in [0.5, 0.6) is 0 Å². The smallest absolute Gasteiger partial charge is 0.179 e. The summed E-state index contributed by atoms with van der Waals surface area (Å²) in [7, 11) is -3.21. The molecule has 0 unspecified atom stereocenters. The van der Waals surface area contributed by atoms with Gasteiger partial charge in [0.2, 0.25) is 0 Å². The Morgan fingerprint density at radius 1 is 1.22 bits per heavy atom. The highest BCUT2D eigenvalue weighted by atomic mass is 32.2. The average Bonchev–Trinajstić information content (AvgIpc) is 3.19. The molecular weight excluding hydrogens is 250 g/mol. The second-order valence-corrected chi connectivity index (χ2v) is 6.94. The van der Waals surface area contributed by atoms with Crippen LogP contribution >= 0.6 is 0 Å². The quantitative estimate of drug-likeness (QED) is 0.768. The largest absolute Gasteiger partial charge is 0.396 e. The van der Waals surface area contributed by atoms with Crippen molar-refractivity contribution in [2.45, 2.75) is 42.9 Å². The van der Waals surface area contributed by atoms with Gasteiger partial charge in [0.05, 0.1) is 10.6 Å². The Morgan fingerprint density at radius 3 is 2.67 bits per heavy atom. The van der Waals surface area contributed by atoms with E-state index in [0.29, 0.717) is 23.7 Å². The van der Waals surface area contributed by atoms with Crippen LogP contribution in [0.3, 0.4) is 0 Å². The van der Waals surface area contributed by atoms with Crippen LogP contribution < -0.4 is 0 Å². The van der Waals surface area contributed by atoms with Gasteiger partial charge in [0.25, 0.3) is 0 Å². The van der Waals surface area contributed by atoms with Crippen LogP contribution in [-0.4, -0.2) is 30.9 Å². The number of aliphatic hydroxyl groups is 1. The predicted octanol–water partition coefficient (Wildman–Crippen LogP) is 1.90. The first kappa shape index (κ1) is 13.5. The number of rotatable bonds is 7. The summed E-state index contributed by atoms with van der Waals surface area (Å²) in [5.74, 6) is 0.657. The summed E-state index contributed by atoms with van der Waals surface area (Å²) in [6, 6.07) is 1.77. The molecule has 1 fully saturated rings. The Bertz CT molecular complexity index is 495. The van der Waals surface area contributed by atoms with Gasteiger partial charge in [-0.05, 0) is 43.2 Å². The van der Waals surface area contributed by atoms with E-state index in [9.17, 15) is 8.42 Å². The normalized spacial score (nSPS) is 15.8. The Kier molecular flexibility index (Phi) is 4.35. The van der Waals surface area contributed by atoms with Crippen molar-refractivity contribution < 1.29 is 13.5 Å². The summed E-state index contributed by atoms with van der Waals surface area (Å²) < 4.78 is 24.2. The van der Waals surface area contributed by atoms with Crippen LogP contribution in [-0.2, 0) is 9.84 Å². The fraction of sp³-hybridized carbons (Fsp3) is 0.615. The first-order chi connectivity index (χ1) is 8.63. The zero-order valence-corrected chi connectivity index (χ0v) is 11.2. The number of sulfone groups is 1. The summed E-state index contributed by atoms with van der Waals surface area (Å²) in [5, 5.41) is 8.66. The van der Waals surface area contributed by atoms with E-state index in [2.05, 4.69) is 4.98 Å². The number of aromatic nitrogens is 1. The van der Waals surface area contributed by atoms with E-state index < -0.39 is 9.84 Å². The molecule has 2 rings (SSSR count). The number of hydrogen-bond donors (Lipinski definition) is 1. The van der Waals surface area contributed by atoms with Crippen molar-refractivity contribution in [3.05, 3.63) is 24.0 Å². The zero-order chi connectivity index (χ0) is 13.0. The number of unbranched alkanes of at least 4 members (excludes halogenated alkanes) is 2. The van der Waals surface area contributed by atoms with E-state index in [1.807, 2.05) is 0 Å². The molecule has 100 valence electrons. The molecule has 0 saturated heterocycles. The lowest BCUT2D eigenvalue weighted by molar-refractivity contribution is 0.284. The standard InChI is InChI=1S/C13H19NO3S/c15-6-2-1-3-7-18(16,17)13-8-12(9-14-10-13)11-4-5-11/h8-11,15H,1-7H2. The van der Waals surface area contributed by atoms with Crippen molar-refractivity contribution in [2.75, 3.05) is 12.4 Å². The monoisotopic (exact) mass is 269 g/mol. The molecule has 1 N–H and O–H groups in total. The fourth-order valence-corrected chi connectivity index (χ4v) is 3.30. The number of aliphatic hydroxyl groups excluding tert-OH is 1. The van der Waals surface area contributed by atoms with Gasteiger partial charge in [-0.2, -0.15) is 0 Å². The minimum atomic E-state index is -3.21.